The number of benzene rings is 2. The second-order valence-corrected chi connectivity index (χ2v) is 12.3. The summed E-state index contributed by atoms with van der Waals surface area (Å²) in [7, 11) is 3.74. The lowest BCUT2D eigenvalue weighted by Crippen LogP contribution is -2.41. The molecule has 238 valence electrons. The second-order valence-electron chi connectivity index (χ2n) is 12.3. The van der Waals surface area contributed by atoms with Crippen LogP contribution in [0.15, 0.2) is 35.3 Å². The molecule has 0 fully saturated rings. The Bertz CT molecular complexity index is 1590. The SMILES string of the molecule is Cc1cc(-c2c(C)cc(F)cc2C)cc(C(CC(=O)O)NC(=O)C(CC(C)C)n2cc(CCN(C)C)c(C)c(F)c2=O)c1F. The highest BCUT2D eigenvalue weighted by Gasteiger charge is 2.30. The van der Waals surface area contributed by atoms with Crippen molar-refractivity contribution in [2.45, 2.75) is 72.9 Å². The largest absolute Gasteiger partial charge is 0.481 e. The van der Waals surface area contributed by atoms with E-state index in [0.29, 0.717) is 40.8 Å². The Morgan fingerprint density at radius 2 is 1.57 bits per heavy atom. The van der Waals surface area contributed by atoms with Crippen LogP contribution in [0.1, 0.15) is 72.2 Å². The molecule has 0 bridgehead atoms. The minimum absolute atomic E-state index is 0.0590. The van der Waals surface area contributed by atoms with Gasteiger partial charge < -0.3 is 19.9 Å². The molecule has 1 heterocycles. The monoisotopic (exact) mass is 613 g/mol. The van der Waals surface area contributed by atoms with E-state index in [4.69, 9.17) is 0 Å². The summed E-state index contributed by atoms with van der Waals surface area (Å²) in [5.41, 5.74) is 2.41. The Morgan fingerprint density at radius 3 is 2.11 bits per heavy atom. The third-order valence-electron chi connectivity index (χ3n) is 7.83. The van der Waals surface area contributed by atoms with Crippen LogP contribution in [-0.4, -0.2) is 47.1 Å². The molecule has 44 heavy (non-hydrogen) atoms. The number of hydrogen-bond donors (Lipinski definition) is 2. The van der Waals surface area contributed by atoms with Gasteiger partial charge in [-0.2, -0.15) is 0 Å². The van der Waals surface area contributed by atoms with Gasteiger partial charge in [0, 0.05) is 18.3 Å². The van der Waals surface area contributed by atoms with Crippen molar-refractivity contribution in [2.24, 2.45) is 5.92 Å². The van der Waals surface area contributed by atoms with Crippen LogP contribution >= 0.6 is 0 Å². The van der Waals surface area contributed by atoms with Gasteiger partial charge in [-0.25, -0.2) is 13.2 Å². The molecule has 0 spiro atoms. The van der Waals surface area contributed by atoms with Gasteiger partial charge in [-0.3, -0.25) is 14.4 Å². The summed E-state index contributed by atoms with van der Waals surface area (Å²) in [6.45, 7) is 10.8. The Hall–Kier alpha value is -3.92. The van der Waals surface area contributed by atoms with Crippen LogP contribution in [0.5, 0.6) is 0 Å². The molecule has 3 aromatic rings. The van der Waals surface area contributed by atoms with E-state index in [1.807, 2.05) is 32.8 Å². The number of pyridine rings is 1. The zero-order chi connectivity index (χ0) is 33.0. The molecule has 2 N–H and O–H groups in total. The topological polar surface area (TPSA) is 91.6 Å². The van der Waals surface area contributed by atoms with E-state index >= 15 is 8.78 Å². The number of likely N-dealkylation sites (N-methyl/N-ethyl adjacent to an activating group) is 1. The molecule has 2 aromatic carbocycles. The van der Waals surface area contributed by atoms with Gasteiger partial charge in [-0.15, -0.1) is 0 Å². The number of carbonyl (C=O) groups is 2. The fourth-order valence-electron chi connectivity index (χ4n) is 5.60. The van der Waals surface area contributed by atoms with Gasteiger partial charge >= 0.3 is 5.97 Å². The summed E-state index contributed by atoms with van der Waals surface area (Å²) in [6, 6.07) is 3.29. The first-order valence-corrected chi connectivity index (χ1v) is 14.7. The van der Waals surface area contributed by atoms with E-state index < -0.39 is 53.4 Å². The zero-order valence-electron chi connectivity index (χ0n) is 26.6. The van der Waals surface area contributed by atoms with E-state index in [9.17, 15) is 23.9 Å². The lowest BCUT2D eigenvalue weighted by molar-refractivity contribution is -0.138. The fraction of sp³-hybridized carbons (Fsp3) is 0.441. The molecule has 0 saturated carbocycles. The average molecular weight is 614 g/mol. The molecule has 0 aliphatic rings. The van der Waals surface area contributed by atoms with Crippen LogP contribution in [0.3, 0.4) is 0 Å². The number of aliphatic carboxylic acids is 1. The normalized spacial score (nSPS) is 12.9. The van der Waals surface area contributed by atoms with Crippen LogP contribution < -0.4 is 10.9 Å². The summed E-state index contributed by atoms with van der Waals surface area (Å²) >= 11 is 0. The van der Waals surface area contributed by atoms with Crippen LogP contribution in [0.25, 0.3) is 11.1 Å². The van der Waals surface area contributed by atoms with E-state index in [0.717, 1.165) is 4.57 Å². The maximum absolute atomic E-state index is 15.7. The first-order chi connectivity index (χ1) is 20.5. The van der Waals surface area contributed by atoms with Crippen molar-refractivity contribution in [1.82, 2.24) is 14.8 Å². The number of aryl methyl sites for hydroxylation is 3. The molecule has 1 amide bonds. The summed E-state index contributed by atoms with van der Waals surface area (Å²) in [5, 5.41) is 12.4. The van der Waals surface area contributed by atoms with Gasteiger partial charge in [0.1, 0.15) is 17.7 Å². The fourth-order valence-corrected chi connectivity index (χ4v) is 5.60. The van der Waals surface area contributed by atoms with Gasteiger partial charge in [0.2, 0.25) is 5.91 Å². The van der Waals surface area contributed by atoms with Crippen LogP contribution in [0, 0.1) is 51.1 Å². The summed E-state index contributed by atoms with van der Waals surface area (Å²) < 4.78 is 46.0. The van der Waals surface area contributed by atoms with Gasteiger partial charge in [0.05, 0.1) is 12.5 Å². The summed E-state index contributed by atoms with van der Waals surface area (Å²) in [4.78, 5) is 40.9. The lowest BCUT2D eigenvalue weighted by atomic mass is 9.90. The molecule has 0 aliphatic heterocycles. The zero-order valence-corrected chi connectivity index (χ0v) is 26.6. The molecule has 0 aliphatic carbocycles. The average Bonchev–Trinajstić information content (AvgIpc) is 2.90. The van der Waals surface area contributed by atoms with Crippen molar-refractivity contribution in [3.63, 3.8) is 0 Å². The molecule has 7 nitrogen and oxygen atoms in total. The minimum Gasteiger partial charge on any atom is -0.481 e. The van der Waals surface area contributed by atoms with Gasteiger partial charge in [0.25, 0.3) is 5.56 Å². The highest BCUT2D eigenvalue weighted by molar-refractivity contribution is 5.82. The third kappa shape index (κ3) is 7.96. The molecule has 2 unspecified atom stereocenters. The Balaban J connectivity index is 2.13. The number of amides is 1. The molecule has 3 rings (SSSR count). The maximum Gasteiger partial charge on any atom is 0.305 e. The van der Waals surface area contributed by atoms with Crippen LogP contribution in [0.2, 0.25) is 0 Å². The first kappa shape index (κ1) is 34.6. The number of carboxylic acid groups (broad SMARTS) is 1. The number of hydrogen-bond acceptors (Lipinski definition) is 4. The highest BCUT2D eigenvalue weighted by atomic mass is 19.1. The molecular formula is C34H42F3N3O4. The smallest absolute Gasteiger partial charge is 0.305 e. The van der Waals surface area contributed by atoms with Crippen LogP contribution in [0.4, 0.5) is 13.2 Å². The van der Waals surface area contributed by atoms with E-state index in [1.54, 1.807) is 19.9 Å². The predicted octanol–water partition coefficient (Wildman–Crippen LogP) is 6.19. The molecule has 0 saturated heterocycles. The number of carbonyl (C=O) groups excluding carboxylic acids is 1. The van der Waals surface area contributed by atoms with Crippen molar-refractivity contribution >= 4 is 11.9 Å². The standard InChI is InChI=1S/C34H42F3N3O4/c1-18(2)11-28(40-17-23(9-10-39(7)8)22(6)32(37)34(40)44)33(43)38-27(16-29(41)42)26-15-24(12-21(5)31(26)36)30-19(3)13-25(35)14-20(30)4/h12-15,17-18,27-28H,9-11,16H2,1-8H3,(H,38,43)(H,41,42). The van der Waals surface area contributed by atoms with E-state index in [1.165, 1.54) is 38.2 Å². The second kappa shape index (κ2) is 14.2. The number of nitrogens with one attached hydrogen (secondary N) is 1. The quantitative estimate of drug-likeness (QED) is 0.254. The summed E-state index contributed by atoms with van der Waals surface area (Å²) in [5.74, 6) is -4.17. The Labute approximate surface area is 256 Å². The number of carboxylic acids is 1. The minimum atomic E-state index is -1.31. The van der Waals surface area contributed by atoms with Gasteiger partial charge in [-0.1, -0.05) is 13.8 Å². The molecule has 10 heteroatoms. The highest BCUT2D eigenvalue weighted by Crippen LogP contribution is 2.34. The number of aromatic nitrogens is 1. The van der Waals surface area contributed by atoms with Crippen molar-refractivity contribution in [3.05, 3.63) is 91.6 Å². The Morgan fingerprint density at radius 1 is 0.955 bits per heavy atom. The van der Waals surface area contributed by atoms with Crippen molar-refractivity contribution in [1.29, 1.82) is 0 Å². The van der Waals surface area contributed by atoms with Gasteiger partial charge in [-0.05, 0) is 124 Å². The Kier molecular flexibility index (Phi) is 11.2. The number of rotatable bonds is 12. The molecule has 0 radical (unpaired) electrons. The van der Waals surface area contributed by atoms with Crippen molar-refractivity contribution in [3.8, 4) is 11.1 Å². The van der Waals surface area contributed by atoms with Gasteiger partial charge in [0.15, 0.2) is 5.82 Å². The number of halogens is 3. The molecule has 2 atom stereocenters. The van der Waals surface area contributed by atoms with Crippen molar-refractivity contribution < 1.29 is 27.9 Å². The molecule has 1 aromatic heterocycles. The maximum atomic E-state index is 15.7. The van der Waals surface area contributed by atoms with E-state index in [2.05, 4.69) is 5.32 Å². The molecular weight excluding hydrogens is 571 g/mol. The van der Waals surface area contributed by atoms with Crippen molar-refractivity contribution in [2.75, 3.05) is 20.6 Å². The number of nitrogens with zero attached hydrogens (tertiary/aromatic N) is 2. The third-order valence-corrected chi connectivity index (χ3v) is 7.83. The summed E-state index contributed by atoms with van der Waals surface area (Å²) in [6.07, 6.45) is 1.44. The lowest BCUT2D eigenvalue weighted by Gasteiger charge is -2.27. The predicted molar refractivity (Wildman–Crippen MR) is 165 cm³/mol. The van der Waals surface area contributed by atoms with E-state index in [-0.39, 0.29) is 29.0 Å². The first-order valence-electron chi connectivity index (χ1n) is 14.7. The van der Waals surface area contributed by atoms with Crippen LogP contribution in [-0.2, 0) is 16.0 Å².